The molecule has 0 aliphatic heterocycles. The molecule has 0 radical (unpaired) electrons. The summed E-state index contributed by atoms with van der Waals surface area (Å²) in [4.78, 5) is 11.4. The summed E-state index contributed by atoms with van der Waals surface area (Å²) in [5.74, 6) is -3.92. The molecular weight excluding hydrogens is 469 g/mol. The van der Waals surface area contributed by atoms with Crippen LogP contribution in [0.1, 0.15) is 17.2 Å². The topological polar surface area (TPSA) is 49.3 Å². The fourth-order valence-electron chi connectivity index (χ4n) is 2.37. The third kappa shape index (κ3) is 6.18. The third-order valence-corrected chi connectivity index (χ3v) is 5.38. The first-order valence-electron chi connectivity index (χ1n) is 7.91. The van der Waals surface area contributed by atoms with Crippen LogP contribution in [0.25, 0.3) is 0 Å². The number of carboxylic acid groups (broad SMARTS) is 1. The van der Waals surface area contributed by atoms with Crippen molar-refractivity contribution in [2.45, 2.75) is 24.0 Å². The van der Waals surface area contributed by atoms with E-state index in [4.69, 9.17) is 0 Å². The maximum absolute atomic E-state index is 13.6. The normalized spacial score (nSPS) is 13.9. The van der Waals surface area contributed by atoms with Gasteiger partial charge in [-0.1, -0.05) is 40.2 Å². The van der Waals surface area contributed by atoms with Gasteiger partial charge in [0.1, 0.15) is 12.1 Å². The summed E-state index contributed by atoms with van der Waals surface area (Å²) in [5, 5.41) is 11.4. The van der Waals surface area contributed by atoms with E-state index >= 15 is 0 Å². The molecular formula is C18H15BrF5NO2S. The quantitative estimate of drug-likeness (QED) is 0.499. The number of rotatable bonds is 8. The van der Waals surface area contributed by atoms with Crippen LogP contribution in [0.2, 0.25) is 0 Å². The van der Waals surface area contributed by atoms with Crippen molar-refractivity contribution >= 4 is 33.7 Å². The second-order valence-corrected chi connectivity index (χ2v) is 7.76. The lowest BCUT2D eigenvalue weighted by molar-refractivity contribution is -0.162. The highest BCUT2D eigenvalue weighted by atomic mass is 79.9. The molecule has 3 nitrogen and oxygen atoms in total. The van der Waals surface area contributed by atoms with Crippen molar-refractivity contribution in [1.82, 2.24) is 5.32 Å². The molecule has 2 aromatic carbocycles. The highest BCUT2D eigenvalue weighted by molar-refractivity contribution is 9.10. The first-order chi connectivity index (χ1) is 13.1. The number of thioether (sulfide) groups is 1. The molecule has 0 spiro atoms. The molecule has 2 rings (SSSR count). The average molecular weight is 484 g/mol. The molecule has 2 N–H and O–H groups in total. The van der Waals surface area contributed by atoms with E-state index in [0.29, 0.717) is 4.47 Å². The summed E-state index contributed by atoms with van der Waals surface area (Å²) in [6, 6.07) is 5.16. The van der Waals surface area contributed by atoms with Crippen LogP contribution in [0.4, 0.5) is 22.0 Å². The lowest BCUT2D eigenvalue weighted by Gasteiger charge is -2.26. The van der Waals surface area contributed by atoms with E-state index in [1.54, 1.807) is 0 Å². The number of carbonyl (C=O) groups is 1. The molecule has 0 heterocycles. The molecule has 0 saturated carbocycles. The van der Waals surface area contributed by atoms with E-state index in [-0.39, 0.29) is 22.6 Å². The van der Waals surface area contributed by atoms with Crippen molar-refractivity contribution < 1.29 is 31.9 Å². The van der Waals surface area contributed by atoms with E-state index in [1.807, 2.05) is 0 Å². The minimum atomic E-state index is -4.72. The van der Waals surface area contributed by atoms with Gasteiger partial charge in [-0.2, -0.15) is 24.9 Å². The van der Waals surface area contributed by atoms with Crippen molar-refractivity contribution in [2.24, 2.45) is 0 Å². The SMILES string of the molecule is O=C(O)[C@H](CSCc1cccc(F)c1F)N[C@@H](c1ccc(Br)cc1)C(F)(F)F. The Hall–Kier alpha value is -1.65. The number of benzene rings is 2. The standard InChI is InChI=1S/C18H15BrF5NO2S/c19-12-6-4-10(5-7-12)16(18(22,23)24)25-14(17(26)27)9-28-8-11-2-1-3-13(20)15(11)21/h1-7,14,16,25H,8-9H2,(H,26,27)/t14-,16-/m0/s1. The zero-order valence-corrected chi connectivity index (χ0v) is 16.5. The largest absolute Gasteiger partial charge is 0.480 e. The minimum Gasteiger partial charge on any atom is -0.480 e. The Balaban J connectivity index is 2.10. The van der Waals surface area contributed by atoms with E-state index in [9.17, 15) is 31.9 Å². The fraction of sp³-hybridized carbons (Fsp3) is 0.278. The van der Waals surface area contributed by atoms with Gasteiger partial charge in [0.25, 0.3) is 0 Å². The fourth-order valence-corrected chi connectivity index (χ4v) is 3.67. The van der Waals surface area contributed by atoms with Crippen molar-refractivity contribution in [1.29, 1.82) is 0 Å². The number of aliphatic carboxylic acids is 1. The van der Waals surface area contributed by atoms with Gasteiger partial charge in [-0.15, -0.1) is 0 Å². The van der Waals surface area contributed by atoms with Gasteiger partial charge in [0, 0.05) is 21.5 Å². The first kappa shape index (κ1) is 22.6. The lowest BCUT2D eigenvalue weighted by Crippen LogP contribution is -2.46. The van der Waals surface area contributed by atoms with Crippen LogP contribution in [0.3, 0.4) is 0 Å². The third-order valence-electron chi connectivity index (χ3n) is 3.77. The lowest BCUT2D eigenvalue weighted by atomic mass is 10.1. The molecule has 0 aliphatic rings. The Morgan fingerprint density at radius 3 is 2.36 bits per heavy atom. The van der Waals surface area contributed by atoms with Crippen molar-refractivity contribution in [3.8, 4) is 0 Å². The highest BCUT2D eigenvalue weighted by Crippen LogP contribution is 2.34. The van der Waals surface area contributed by atoms with Crippen LogP contribution in [0.5, 0.6) is 0 Å². The van der Waals surface area contributed by atoms with Crippen molar-refractivity contribution in [3.63, 3.8) is 0 Å². The van der Waals surface area contributed by atoms with Gasteiger partial charge in [-0.25, -0.2) is 8.78 Å². The second-order valence-electron chi connectivity index (χ2n) is 5.81. The van der Waals surface area contributed by atoms with Crippen LogP contribution >= 0.6 is 27.7 Å². The van der Waals surface area contributed by atoms with Gasteiger partial charge in [-0.05, 0) is 23.8 Å². The van der Waals surface area contributed by atoms with Gasteiger partial charge in [-0.3, -0.25) is 10.1 Å². The Kier molecular flexibility index (Phi) is 7.85. The van der Waals surface area contributed by atoms with Crippen molar-refractivity contribution in [3.05, 3.63) is 69.7 Å². The van der Waals surface area contributed by atoms with Crippen LogP contribution in [-0.4, -0.2) is 29.0 Å². The number of nitrogens with one attached hydrogen (secondary N) is 1. The second kappa shape index (κ2) is 9.71. The minimum absolute atomic E-state index is 0.00872. The number of hydrogen-bond donors (Lipinski definition) is 2. The van der Waals surface area contributed by atoms with Crippen molar-refractivity contribution in [2.75, 3.05) is 5.75 Å². The number of carboxylic acids is 1. The Labute approximate surface area is 170 Å². The molecule has 0 aromatic heterocycles. The summed E-state index contributed by atoms with van der Waals surface area (Å²) >= 11 is 4.02. The highest BCUT2D eigenvalue weighted by Gasteiger charge is 2.42. The average Bonchev–Trinajstić information content (AvgIpc) is 2.61. The van der Waals surface area contributed by atoms with Crippen LogP contribution in [0.15, 0.2) is 46.9 Å². The Morgan fingerprint density at radius 1 is 1.14 bits per heavy atom. The Bertz CT molecular complexity index is 817. The van der Waals surface area contributed by atoms with E-state index < -0.39 is 35.9 Å². The molecule has 0 fully saturated rings. The van der Waals surface area contributed by atoms with Gasteiger partial charge in [0.2, 0.25) is 0 Å². The summed E-state index contributed by atoms with van der Waals surface area (Å²) in [6.07, 6.45) is -4.72. The zero-order valence-electron chi connectivity index (χ0n) is 14.1. The predicted octanol–water partition coefficient (Wildman–Crippen LogP) is 5.31. The van der Waals surface area contributed by atoms with Crippen LogP contribution in [0, 0.1) is 11.6 Å². The smallest absolute Gasteiger partial charge is 0.407 e. The van der Waals surface area contributed by atoms with E-state index in [0.717, 1.165) is 17.8 Å². The van der Waals surface area contributed by atoms with Gasteiger partial charge in [0.05, 0.1) is 0 Å². The van der Waals surface area contributed by atoms with Crippen LogP contribution < -0.4 is 5.32 Å². The molecule has 10 heteroatoms. The van der Waals surface area contributed by atoms with Gasteiger partial charge < -0.3 is 5.11 Å². The summed E-state index contributed by atoms with van der Waals surface area (Å²) in [5.41, 5.74) is -0.127. The maximum atomic E-state index is 13.6. The summed E-state index contributed by atoms with van der Waals surface area (Å²) in [7, 11) is 0. The Morgan fingerprint density at radius 2 is 1.79 bits per heavy atom. The zero-order chi connectivity index (χ0) is 20.9. The summed E-state index contributed by atoms with van der Waals surface area (Å²) < 4.78 is 67.8. The predicted molar refractivity (Wildman–Crippen MR) is 100 cm³/mol. The molecule has 0 bridgehead atoms. The van der Waals surface area contributed by atoms with Crippen LogP contribution in [-0.2, 0) is 10.5 Å². The summed E-state index contributed by atoms with van der Waals surface area (Å²) in [6.45, 7) is 0. The molecule has 2 atom stereocenters. The van der Waals surface area contributed by atoms with E-state index in [1.165, 1.54) is 36.4 Å². The number of halogens is 6. The molecule has 28 heavy (non-hydrogen) atoms. The molecule has 152 valence electrons. The molecule has 0 amide bonds. The molecule has 2 aromatic rings. The number of alkyl halides is 3. The van der Waals surface area contributed by atoms with Gasteiger partial charge >= 0.3 is 12.1 Å². The molecule has 0 aliphatic carbocycles. The first-order valence-corrected chi connectivity index (χ1v) is 9.86. The van der Waals surface area contributed by atoms with Gasteiger partial charge in [0.15, 0.2) is 11.6 Å². The molecule has 0 unspecified atom stereocenters. The monoisotopic (exact) mass is 483 g/mol. The number of hydrogen-bond acceptors (Lipinski definition) is 3. The molecule has 0 saturated heterocycles. The van der Waals surface area contributed by atoms with E-state index in [2.05, 4.69) is 21.2 Å². The maximum Gasteiger partial charge on any atom is 0.407 e.